The Morgan fingerprint density at radius 3 is 2.61 bits per heavy atom. The van der Waals surface area contributed by atoms with Crippen molar-refractivity contribution in [2.45, 2.75) is 26.3 Å². The SMILES string of the molecule is CCN(Cc1cccc(F)c1)C(=O)C[NH+]1CCC(C(N)=O)CC1. The van der Waals surface area contributed by atoms with Gasteiger partial charge in [-0.3, -0.25) is 9.59 Å². The molecule has 0 atom stereocenters. The second-order valence-electron chi connectivity index (χ2n) is 6.14. The number of amides is 2. The monoisotopic (exact) mass is 322 g/mol. The van der Waals surface area contributed by atoms with Crippen LogP contribution in [0.2, 0.25) is 0 Å². The third kappa shape index (κ3) is 5.03. The molecule has 2 amide bonds. The molecule has 0 saturated carbocycles. The van der Waals surface area contributed by atoms with Crippen LogP contribution in [0.3, 0.4) is 0 Å². The largest absolute Gasteiger partial charge is 0.369 e. The predicted octanol–water partition coefficient (Wildman–Crippen LogP) is -0.0456. The fourth-order valence-electron chi connectivity index (χ4n) is 3.05. The van der Waals surface area contributed by atoms with Crippen LogP contribution in [0.4, 0.5) is 4.39 Å². The number of likely N-dealkylation sites (N-methyl/N-ethyl adjacent to an activating group) is 1. The van der Waals surface area contributed by atoms with E-state index in [1.165, 1.54) is 17.0 Å². The Morgan fingerprint density at radius 1 is 1.35 bits per heavy atom. The number of carbonyl (C=O) groups excluding carboxylic acids is 2. The highest BCUT2D eigenvalue weighted by molar-refractivity contribution is 5.77. The second kappa shape index (κ2) is 8.06. The molecule has 126 valence electrons. The van der Waals surface area contributed by atoms with Gasteiger partial charge in [0, 0.05) is 31.8 Å². The number of nitrogens with zero attached hydrogens (tertiary/aromatic N) is 1. The van der Waals surface area contributed by atoms with Crippen molar-refractivity contribution in [2.75, 3.05) is 26.2 Å². The summed E-state index contributed by atoms with van der Waals surface area (Å²) in [7, 11) is 0. The van der Waals surface area contributed by atoms with E-state index in [0.717, 1.165) is 31.5 Å². The topological polar surface area (TPSA) is 67.8 Å². The van der Waals surface area contributed by atoms with Gasteiger partial charge in [0.25, 0.3) is 5.91 Å². The van der Waals surface area contributed by atoms with E-state index >= 15 is 0 Å². The van der Waals surface area contributed by atoms with Crippen LogP contribution in [0.25, 0.3) is 0 Å². The number of quaternary nitrogens is 1. The van der Waals surface area contributed by atoms with E-state index in [9.17, 15) is 14.0 Å². The number of nitrogens with two attached hydrogens (primary N) is 1. The van der Waals surface area contributed by atoms with Gasteiger partial charge in [0.1, 0.15) is 5.82 Å². The average Bonchev–Trinajstić information content (AvgIpc) is 2.53. The lowest BCUT2D eigenvalue weighted by Gasteiger charge is -2.29. The molecule has 0 aliphatic carbocycles. The van der Waals surface area contributed by atoms with E-state index in [4.69, 9.17) is 5.73 Å². The standard InChI is InChI=1S/C17H24FN3O2/c1-2-21(11-13-4-3-5-15(18)10-13)16(22)12-20-8-6-14(7-9-20)17(19)23/h3-5,10,14H,2,6-9,11-12H2,1H3,(H2,19,23)/p+1. The molecule has 1 aliphatic heterocycles. The van der Waals surface area contributed by atoms with Crippen molar-refractivity contribution < 1.29 is 18.9 Å². The summed E-state index contributed by atoms with van der Waals surface area (Å²) in [6, 6.07) is 6.34. The van der Waals surface area contributed by atoms with Gasteiger partial charge in [-0.05, 0) is 24.6 Å². The molecule has 23 heavy (non-hydrogen) atoms. The highest BCUT2D eigenvalue weighted by Gasteiger charge is 2.28. The third-order valence-electron chi connectivity index (χ3n) is 4.49. The first-order chi connectivity index (χ1) is 11.0. The molecule has 0 spiro atoms. The van der Waals surface area contributed by atoms with Crippen molar-refractivity contribution in [3.63, 3.8) is 0 Å². The number of carbonyl (C=O) groups is 2. The molecule has 1 aromatic rings. The van der Waals surface area contributed by atoms with Gasteiger partial charge in [-0.15, -0.1) is 0 Å². The molecule has 0 unspecified atom stereocenters. The van der Waals surface area contributed by atoms with Crippen LogP contribution in [0.5, 0.6) is 0 Å². The van der Waals surface area contributed by atoms with Gasteiger partial charge < -0.3 is 15.5 Å². The van der Waals surface area contributed by atoms with E-state index in [1.54, 1.807) is 11.0 Å². The number of hydrogen-bond acceptors (Lipinski definition) is 2. The summed E-state index contributed by atoms with van der Waals surface area (Å²) in [5.41, 5.74) is 6.12. The van der Waals surface area contributed by atoms with Crippen LogP contribution < -0.4 is 10.6 Å². The van der Waals surface area contributed by atoms with E-state index in [0.29, 0.717) is 19.6 Å². The minimum Gasteiger partial charge on any atom is -0.369 e. The van der Waals surface area contributed by atoms with Crippen molar-refractivity contribution >= 4 is 11.8 Å². The summed E-state index contributed by atoms with van der Waals surface area (Å²) in [5, 5.41) is 0. The average molecular weight is 322 g/mol. The molecular formula is C17H25FN3O2+. The number of piperidine rings is 1. The quantitative estimate of drug-likeness (QED) is 0.771. The van der Waals surface area contributed by atoms with Crippen LogP contribution >= 0.6 is 0 Å². The Bertz CT molecular complexity index is 557. The van der Waals surface area contributed by atoms with Crippen LogP contribution in [0, 0.1) is 11.7 Å². The Labute approximate surface area is 136 Å². The third-order valence-corrected chi connectivity index (χ3v) is 4.49. The van der Waals surface area contributed by atoms with Crippen LogP contribution in [-0.4, -0.2) is 42.9 Å². The highest BCUT2D eigenvalue weighted by Crippen LogP contribution is 2.09. The number of halogens is 1. The first-order valence-electron chi connectivity index (χ1n) is 8.14. The second-order valence-corrected chi connectivity index (χ2v) is 6.14. The Morgan fingerprint density at radius 2 is 2.04 bits per heavy atom. The lowest BCUT2D eigenvalue weighted by atomic mass is 9.96. The minimum atomic E-state index is -0.287. The molecule has 6 heteroatoms. The number of rotatable bonds is 6. The smallest absolute Gasteiger partial charge is 0.278 e. The van der Waals surface area contributed by atoms with Gasteiger partial charge in [0.05, 0.1) is 13.1 Å². The van der Waals surface area contributed by atoms with E-state index in [-0.39, 0.29) is 23.5 Å². The first-order valence-corrected chi connectivity index (χ1v) is 8.14. The molecule has 0 radical (unpaired) electrons. The fourth-order valence-corrected chi connectivity index (χ4v) is 3.05. The molecule has 1 aliphatic rings. The summed E-state index contributed by atoms with van der Waals surface area (Å²) in [6.07, 6.45) is 1.49. The molecule has 1 aromatic carbocycles. The maximum Gasteiger partial charge on any atom is 0.278 e. The number of likely N-dealkylation sites (tertiary alicyclic amines) is 1. The zero-order valence-electron chi connectivity index (χ0n) is 13.6. The van der Waals surface area contributed by atoms with Crippen LogP contribution in [0.1, 0.15) is 25.3 Å². The molecule has 2 rings (SSSR count). The number of benzene rings is 1. The molecule has 1 fully saturated rings. The maximum absolute atomic E-state index is 13.3. The summed E-state index contributed by atoms with van der Waals surface area (Å²) < 4.78 is 13.3. The summed E-state index contributed by atoms with van der Waals surface area (Å²) in [6.45, 7) is 4.92. The van der Waals surface area contributed by atoms with E-state index in [2.05, 4.69) is 0 Å². The molecule has 3 N–H and O–H groups in total. The van der Waals surface area contributed by atoms with E-state index < -0.39 is 0 Å². The van der Waals surface area contributed by atoms with Gasteiger partial charge in [0.2, 0.25) is 5.91 Å². The van der Waals surface area contributed by atoms with Gasteiger partial charge in [0.15, 0.2) is 6.54 Å². The Kier molecular flexibility index (Phi) is 6.10. The predicted molar refractivity (Wildman–Crippen MR) is 85.0 cm³/mol. The van der Waals surface area contributed by atoms with Crippen molar-refractivity contribution in [1.29, 1.82) is 0 Å². The number of hydrogen-bond donors (Lipinski definition) is 2. The lowest BCUT2D eigenvalue weighted by molar-refractivity contribution is -0.898. The molecule has 1 heterocycles. The Hall–Kier alpha value is -1.95. The summed E-state index contributed by atoms with van der Waals surface area (Å²) in [5.74, 6) is -0.519. The molecule has 1 saturated heterocycles. The zero-order chi connectivity index (χ0) is 16.8. The van der Waals surface area contributed by atoms with Gasteiger partial charge in [-0.2, -0.15) is 0 Å². The Balaban J connectivity index is 1.87. The van der Waals surface area contributed by atoms with Crippen molar-refractivity contribution in [1.82, 2.24) is 4.90 Å². The first kappa shape index (κ1) is 17.4. The van der Waals surface area contributed by atoms with Crippen molar-refractivity contribution in [2.24, 2.45) is 11.7 Å². The van der Waals surface area contributed by atoms with Crippen molar-refractivity contribution in [3.8, 4) is 0 Å². The molecule has 0 bridgehead atoms. The molecular weight excluding hydrogens is 297 g/mol. The lowest BCUT2D eigenvalue weighted by Crippen LogP contribution is -3.14. The zero-order valence-corrected chi connectivity index (χ0v) is 13.6. The van der Waals surface area contributed by atoms with Gasteiger partial charge in [-0.1, -0.05) is 12.1 Å². The highest BCUT2D eigenvalue weighted by atomic mass is 19.1. The summed E-state index contributed by atoms with van der Waals surface area (Å²) in [4.78, 5) is 26.6. The molecule has 5 nitrogen and oxygen atoms in total. The number of nitrogens with one attached hydrogen (secondary N) is 1. The molecule has 0 aromatic heterocycles. The van der Waals surface area contributed by atoms with E-state index in [1.807, 2.05) is 13.0 Å². The van der Waals surface area contributed by atoms with Gasteiger partial charge in [-0.25, -0.2) is 4.39 Å². The fraction of sp³-hybridized carbons (Fsp3) is 0.529. The van der Waals surface area contributed by atoms with Crippen LogP contribution in [0.15, 0.2) is 24.3 Å². The number of primary amides is 1. The normalized spacial score (nSPS) is 21.0. The minimum absolute atomic E-state index is 0.0524. The maximum atomic E-state index is 13.3. The van der Waals surface area contributed by atoms with Crippen molar-refractivity contribution in [3.05, 3.63) is 35.6 Å². The van der Waals surface area contributed by atoms with Crippen LogP contribution in [-0.2, 0) is 16.1 Å². The van der Waals surface area contributed by atoms with Gasteiger partial charge >= 0.3 is 0 Å². The summed E-state index contributed by atoms with van der Waals surface area (Å²) >= 11 is 0.